The van der Waals surface area contributed by atoms with E-state index in [2.05, 4.69) is 10.5 Å². The zero-order valence-corrected chi connectivity index (χ0v) is 6.43. The highest BCUT2D eigenvalue weighted by Crippen LogP contribution is 1.86. The van der Waals surface area contributed by atoms with Crippen LogP contribution in [0.2, 0.25) is 0 Å². The van der Waals surface area contributed by atoms with E-state index in [1.807, 2.05) is 0 Å². The largest absolute Gasteiger partial charge is 0.480 e. The fraction of sp³-hybridized carbons (Fsp3) is 0.800. The first-order valence-electron chi connectivity index (χ1n) is 3.37. The van der Waals surface area contributed by atoms with E-state index in [4.69, 9.17) is 16.6 Å². The van der Waals surface area contributed by atoms with Crippen molar-refractivity contribution in [3.8, 4) is 0 Å². The molecule has 0 amide bonds. The number of carboxylic acids is 1. The van der Waals surface area contributed by atoms with E-state index >= 15 is 0 Å². The lowest BCUT2D eigenvalue weighted by atomic mass is 10.2. The van der Waals surface area contributed by atoms with Gasteiger partial charge in [0.1, 0.15) is 6.04 Å². The van der Waals surface area contributed by atoms with Crippen LogP contribution in [-0.2, 0) is 4.79 Å². The van der Waals surface area contributed by atoms with Gasteiger partial charge in [-0.25, -0.2) is 0 Å². The minimum absolute atomic E-state index is 0.207. The number of rotatable bonds is 6. The van der Waals surface area contributed by atoms with Crippen LogP contribution in [0.4, 0.5) is 0 Å². The molecule has 0 saturated carbocycles. The summed E-state index contributed by atoms with van der Waals surface area (Å²) in [7, 11) is 0. The quantitative estimate of drug-likeness (QED) is 0.284. The molecule has 0 aromatic heterocycles. The Morgan fingerprint density at radius 2 is 2.17 bits per heavy atom. The highest BCUT2D eigenvalue weighted by atomic mass is 16.4. The van der Waals surface area contributed by atoms with Crippen molar-refractivity contribution in [3.63, 3.8) is 0 Å². The minimum atomic E-state index is -1.08. The van der Waals surface area contributed by atoms with Crippen LogP contribution in [0, 0.1) is 4.91 Å². The van der Waals surface area contributed by atoms with E-state index in [9.17, 15) is 9.70 Å². The van der Waals surface area contributed by atoms with Gasteiger partial charge in [-0.15, -0.1) is 4.91 Å². The third kappa shape index (κ3) is 4.72. The molecule has 6 N–H and O–H groups in total. The fourth-order valence-electron chi connectivity index (χ4n) is 0.547. The molecule has 0 aliphatic carbocycles. The van der Waals surface area contributed by atoms with Gasteiger partial charge < -0.3 is 10.8 Å². The lowest BCUT2D eigenvalue weighted by Crippen LogP contribution is -2.39. The van der Waals surface area contributed by atoms with Crippen molar-refractivity contribution in [2.45, 2.75) is 18.8 Å². The summed E-state index contributed by atoms with van der Waals surface area (Å²) in [6, 6.07) is -0.934. The molecular formula is C5H12N4O3. The summed E-state index contributed by atoms with van der Waals surface area (Å²) in [6.45, 7) is 0.250. The van der Waals surface area contributed by atoms with Crippen molar-refractivity contribution in [2.75, 3.05) is 6.54 Å². The van der Waals surface area contributed by atoms with Crippen molar-refractivity contribution in [2.24, 2.45) is 16.6 Å². The normalized spacial score (nSPS) is 15.2. The number of hydrogen-bond donors (Lipinski definition) is 4. The number of nitroso groups, excluding NO2 is 1. The molecule has 0 fully saturated rings. The number of carbonyl (C=O) groups is 1. The number of nitrogens with one attached hydrogen (secondary N) is 1. The first kappa shape index (κ1) is 11.0. The second kappa shape index (κ2) is 5.58. The molecule has 0 aliphatic rings. The summed E-state index contributed by atoms with van der Waals surface area (Å²) < 4.78 is 0. The highest BCUT2D eigenvalue weighted by Gasteiger charge is 2.10. The molecule has 7 nitrogen and oxygen atoms in total. The second-order valence-electron chi connectivity index (χ2n) is 2.24. The molecule has 0 aromatic carbocycles. The van der Waals surface area contributed by atoms with E-state index < -0.39 is 18.3 Å². The Labute approximate surface area is 69.1 Å². The van der Waals surface area contributed by atoms with Gasteiger partial charge in [-0.1, -0.05) is 0 Å². The maximum absolute atomic E-state index is 10.2. The standard InChI is InChI=1S/C5H12N4O3/c6-3(4(10)11)1-2-8-5(7)9-12/h3,5,8H,1-2,6-7H2,(H,10,11)/t3-,5?/m0/s1. The van der Waals surface area contributed by atoms with Gasteiger partial charge in [0.05, 0.1) is 0 Å². The summed E-state index contributed by atoms with van der Waals surface area (Å²) in [5, 5.41) is 13.3. The predicted octanol–water partition coefficient (Wildman–Crippen LogP) is -1.61. The fourth-order valence-corrected chi connectivity index (χ4v) is 0.547. The van der Waals surface area contributed by atoms with Crippen LogP contribution in [0.5, 0.6) is 0 Å². The van der Waals surface area contributed by atoms with Crippen LogP contribution in [0.25, 0.3) is 0 Å². The summed E-state index contributed by atoms with van der Waals surface area (Å²) in [4.78, 5) is 19.9. The van der Waals surface area contributed by atoms with Crippen molar-refractivity contribution in [1.29, 1.82) is 0 Å². The smallest absolute Gasteiger partial charge is 0.320 e. The van der Waals surface area contributed by atoms with E-state index in [0.717, 1.165) is 0 Å². The van der Waals surface area contributed by atoms with E-state index in [1.165, 1.54) is 0 Å². The van der Waals surface area contributed by atoms with Gasteiger partial charge in [0, 0.05) is 6.54 Å². The Balaban J connectivity index is 3.43. The average molecular weight is 176 g/mol. The van der Waals surface area contributed by atoms with Gasteiger partial charge in [0.2, 0.25) is 0 Å². The van der Waals surface area contributed by atoms with Crippen molar-refractivity contribution in [1.82, 2.24) is 5.32 Å². The van der Waals surface area contributed by atoms with E-state index in [1.54, 1.807) is 0 Å². The van der Waals surface area contributed by atoms with Gasteiger partial charge in [-0.2, -0.15) is 0 Å². The SMILES string of the molecule is NC(N=O)NCC[C@H](N)C(=O)O. The molecule has 1 unspecified atom stereocenters. The van der Waals surface area contributed by atoms with E-state index in [0.29, 0.717) is 0 Å². The molecule has 0 heterocycles. The maximum atomic E-state index is 10.2. The van der Waals surface area contributed by atoms with Crippen LogP contribution in [0.3, 0.4) is 0 Å². The minimum Gasteiger partial charge on any atom is -0.480 e. The number of nitrogens with two attached hydrogens (primary N) is 2. The zero-order chi connectivity index (χ0) is 9.56. The number of carboxylic acid groups (broad SMARTS) is 1. The Kier molecular flexibility index (Phi) is 5.09. The second-order valence-corrected chi connectivity index (χ2v) is 2.24. The maximum Gasteiger partial charge on any atom is 0.320 e. The summed E-state index contributed by atoms with van der Waals surface area (Å²) in [5.41, 5.74) is 10.2. The Bertz CT molecular complexity index is 163. The van der Waals surface area contributed by atoms with Crippen molar-refractivity contribution < 1.29 is 9.90 Å². The third-order valence-electron chi connectivity index (χ3n) is 1.24. The van der Waals surface area contributed by atoms with Crippen LogP contribution in [0.1, 0.15) is 6.42 Å². The highest BCUT2D eigenvalue weighted by molar-refractivity contribution is 5.72. The first-order chi connectivity index (χ1) is 5.57. The van der Waals surface area contributed by atoms with Crippen LogP contribution in [0.15, 0.2) is 5.18 Å². The lowest BCUT2D eigenvalue weighted by Gasteiger charge is -2.08. The molecule has 12 heavy (non-hydrogen) atoms. The number of hydrogen-bond acceptors (Lipinski definition) is 6. The van der Waals surface area contributed by atoms with Crippen molar-refractivity contribution >= 4 is 5.97 Å². The average Bonchev–Trinajstić information content (AvgIpc) is 2.03. The molecule has 0 radical (unpaired) electrons. The van der Waals surface area contributed by atoms with E-state index in [-0.39, 0.29) is 13.0 Å². The molecule has 0 spiro atoms. The van der Waals surface area contributed by atoms with Crippen molar-refractivity contribution in [3.05, 3.63) is 4.91 Å². The van der Waals surface area contributed by atoms with Gasteiger partial charge in [-0.3, -0.25) is 15.8 Å². The van der Waals surface area contributed by atoms with Gasteiger partial charge in [0.25, 0.3) is 0 Å². The molecule has 2 atom stereocenters. The summed E-state index contributed by atoms with van der Waals surface area (Å²) >= 11 is 0. The topological polar surface area (TPSA) is 131 Å². The Morgan fingerprint density at radius 1 is 1.58 bits per heavy atom. The molecule has 0 aromatic rings. The van der Waals surface area contributed by atoms with Crippen LogP contribution < -0.4 is 16.8 Å². The monoisotopic (exact) mass is 176 g/mol. The third-order valence-corrected chi connectivity index (χ3v) is 1.24. The molecule has 0 rings (SSSR count). The Morgan fingerprint density at radius 3 is 2.58 bits per heavy atom. The summed E-state index contributed by atoms with van der Waals surface area (Å²) in [5.74, 6) is -1.08. The van der Waals surface area contributed by atoms with Gasteiger partial charge >= 0.3 is 5.97 Å². The zero-order valence-electron chi connectivity index (χ0n) is 6.43. The first-order valence-corrected chi connectivity index (χ1v) is 3.37. The molecule has 0 saturated heterocycles. The Hall–Kier alpha value is -1.05. The summed E-state index contributed by atoms with van der Waals surface area (Å²) in [6.07, 6.45) is -0.788. The van der Waals surface area contributed by atoms with Gasteiger partial charge in [-0.05, 0) is 11.6 Å². The molecule has 70 valence electrons. The number of nitrogens with zero attached hydrogens (tertiary/aromatic N) is 1. The molecule has 0 aliphatic heterocycles. The lowest BCUT2D eigenvalue weighted by molar-refractivity contribution is -0.138. The van der Waals surface area contributed by atoms with Crippen LogP contribution >= 0.6 is 0 Å². The number of aliphatic carboxylic acids is 1. The van der Waals surface area contributed by atoms with Crippen LogP contribution in [-0.4, -0.2) is 30.0 Å². The molecule has 7 heteroatoms. The predicted molar refractivity (Wildman–Crippen MR) is 42.0 cm³/mol. The molecule has 0 bridgehead atoms. The van der Waals surface area contributed by atoms with Gasteiger partial charge in [0.15, 0.2) is 6.29 Å². The molecular weight excluding hydrogens is 164 g/mol.